The zero-order valence-electron chi connectivity index (χ0n) is 18.9. The van der Waals surface area contributed by atoms with Crippen molar-refractivity contribution < 1.29 is 9.59 Å². The number of nitriles is 1. The molecule has 0 aliphatic heterocycles. The van der Waals surface area contributed by atoms with E-state index in [1.165, 1.54) is 0 Å². The van der Waals surface area contributed by atoms with Crippen LogP contribution in [0.5, 0.6) is 0 Å². The van der Waals surface area contributed by atoms with E-state index in [4.69, 9.17) is 5.26 Å². The van der Waals surface area contributed by atoms with Gasteiger partial charge in [0, 0.05) is 49.9 Å². The van der Waals surface area contributed by atoms with Gasteiger partial charge in [0.1, 0.15) is 0 Å². The highest BCUT2D eigenvalue weighted by Gasteiger charge is 2.18. The van der Waals surface area contributed by atoms with Crippen LogP contribution in [0, 0.1) is 11.3 Å². The van der Waals surface area contributed by atoms with Gasteiger partial charge in [-0.25, -0.2) is 0 Å². The number of aryl methyl sites for hydroxylation is 1. The summed E-state index contributed by atoms with van der Waals surface area (Å²) in [7, 11) is 1.76. The molecule has 0 unspecified atom stereocenters. The molecular formula is C26H29N5O2. The van der Waals surface area contributed by atoms with E-state index in [0.717, 1.165) is 35.5 Å². The molecule has 0 saturated heterocycles. The molecule has 0 radical (unpaired) electrons. The van der Waals surface area contributed by atoms with Gasteiger partial charge >= 0.3 is 0 Å². The van der Waals surface area contributed by atoms with Gasteiger partial charge in [-0.15, -0.1) is 0 Å². The van der Waals surface area contributed by atoms with Crippen LogP contribution in [0.3, 0.4) is 0 Å². The Morgan fingerprint density at radius 3 is 2.33 bits per heavy atom. The third-order valence-corrected chi connectivity index (χ3v) is 5.43. The van der Waals surface area contributed by atoms with E-state index < -0.39 is 0 Å². The molecule has 2 amide bonds. The normalized spacial score (nSPS) is 10.4. The summed E-state index contributed by atoms with van der Waals surface area (Å²) in [5, 5.41) is 16.3. The Hall–Kier alpha value is -3.92. The Morgan fingerprint density at radius 2 is 1.64 bits per heavy atom. The number of para-hydroxylation sites is 1. The number of anilines is 1. The Bertz CT molecular complexity index is 1070. The van der Waals surface area contributed by atoms with Crippen molar-refractivity contribution in [2.24, 2.45) is 0 Å². The van der Waals surface area contributed by atoms with Crippen molar-refractivity contribution in [3.05, 3.63) is 72.4 Å². The van der Waals surface area contributed by atoms with Gasteiger partial charge in [0.25, 0.3) is 0 Å². The lowest BCUT2D eigenvalue weighted by atomic mass is 10.1. The van der Waals surface area contributed by atoms with E-state index in [9.17, 15) is 9.59 Å². The first-order chi connectivity index (χ1) is 16.1. The van der Waals surface area contributed by atoms with Gasteiger partial charge in [-0.2, -0.15) is 10.4 Å². The number of hydrogen-bond acceptors (Lipinski definition) is 4. The van der Waals surface area contributed by atoms with E-state index in [1.54, 1.807) is 16.8 Å². The van der Waals surface area contributed by atoms with E-state index in [1.807, 2.05) is 66.7 Å². The van der Waals surface area contributed by atoms with Gasteiger partial charge < -0.3 is 9.80 Å². The molecule has 0 fully saturated rings. The number of nitrogens with zero attached hydrogens (tertiary/aromatic N) is 4. The largest absolute Gasteiger partial charge is 0.346 e. The van der Waals surface area contributed by atoms with Gasteiger partial charge in [0.15, 0.2) is 0 Å². The summed E-state index contributed by atoms with van der Waals surface area (Å²) in [5.74, 6) is -0.213. The van der Waals surface area contributed by atoms with Crippen LogP contribution in [-0.2, 0) is 16.0 Å². The van der Waals surface area contributed by atoms with Gasteiger partial charge in [0.05, 0.1) is 18.2 Å². The fraction of sp³-hybridized carbons (Fsp3) is 0.308. The van der Waals surface area contributed by atoms with E-state index in [2.05, 4.69) is 16.3 Å². The lowest BCUT2D eigenvalue weighted by Gasteiger charge is -2.22. The number of carbonyl (C=O) groups is 2. The van der Waals surface area contributed by atoms with Crippen molar-refractivity contribution >= 4 is 17.5 Å². The minimum absolute atomic E-state index is 0.0637. The molecule has 0 bridgehead atoms. The third-order valence-electron chi connectivity index (χ3n) is 5.43. The number of rotatable bonds is 11. The number of carbonyl (C=O) groups excluding carboxylic acids is 2. The highest BCUT2D eigenvalue weighted by molar-refractivity contribution is 5.95. The van der Waals surface area contributed by atoms with Crippen LogP contribution in [0.2, 0.25) is 0 Å². The minimum Gasteiger partial charge on any atom is -0.346 e. The standard InChI is InChI=1S/C26H29N5O2/c1-30(18-8-12-22-20-24(29-28-22)21-10-4-2-5-11-21)25(32)15-16-26(33)31(19-9-17-27)23-13-6-3-7-14-23/h2-7,10-11,13-14,20H,8-9,12,15-16,18-19H2,1H3,(H,28,29). The van der Waals surface area contributed by atoms with Crippen LogP contribution in [0.25, 0.3) is 11.3 Å². The first-order valence-electron chi connectivity index (χ1n) is 11.1. The number of aromatic nitrogens is 2. The maximum Gasteiger partial charge on any atom is 0.227 e. The summed E-state index contributed by atoms with van der Waals surface area (Å²) in [5.41, 5.74) is 3.75. The Labute approximate surface area is 194 Å². The summed E-state index contributed by atoms with van der Waals surface area (Å²) in [6.45, 7) is 0.919. The number of aromatic amines is 1. The van der Waals surface area contributed by atoms with E-state index >= 15 is 0 Å². The van der Waals surface area contributed by atoms with Gasteiger partial charge in [-0.05, 0) is 31.0 Å². The van der Waals surface area contributed by atoms with Crippen LogP contribution in [0.1, 0.15) is 31.4 Å². The molecule has 1 heterocycles. The maximum atomic E-state index is 12.7. The highest BCUT2D eigenvalue weighted by atomic mass is 16.2. The molecule has 7 nitrogen and oxygen atoms in total. The summed E-state index contributed by atoms with van der Waals surface area (Å²) >= 11 is 0. The van der Waals surface area contributed by atoms with Crippen LogP contribution < -0.4 is 4.90 Å². The van der Waals surface area contributed by atoms with Crippen molar-refractivity contribution in [1.29, 1.82) is 5.26 Å². The number of hydrogen-bond donors (Lipinski definition) is 1. The predicted molar refractivity (Wildman–Crippen MR) is 128 cm³/mol. The molecule has 1 N–H and O–H groups in total. The molecule has 0 atom stereocenters. The van der Waals surface area contributed by atoms with Crippen molar-refractivity contribution in [1.82, 2.24) is 15.1 Å². The van der Waals surface area contributed by atoms with E-state index in [-0.39, 0.29) is 31.1 Å². The number of H-pyrrole nitrogens is 1. The molecule has 33 heavy (non-hydrogen) atoms. The van der Waals surface area contributed by atoms with Crippen LogP contribution in [0.15, 0.2) is 66.7 Å². The topological polar surface area (TPSA) is 93.1 Å². The molecule has 2 aromatic carbocycles. The Morgan fingerprint density at radius 1 is 0.970 bits per heavy atom. The zero-order chi connectivity index (χ0) is 23.5. The second-order valence-corrected chi connectivity index (χ2v) is 7.85. The molecule has 0 aliphatic carbocycles. The van der Waals surface area contributed by atoms with Crippen molar-refractivity contribution in [3.8, 4) is 17.3 Å². The first kappa shape index (κ1) is 23.7. The molecule has 0 aliphatic rings. The number of nitrogens with one attached hydrogen (secondary N) is 1. The fourth-order valence-corrected chi connectivity index (χ4v) is 3.59. The minimum atomic E-state index is -0.149. The highest BCUT2D eigenvalue weighted by Crippen LogP contribution is 2.18. The molecule has 0 saturated carbocycles. The average Bonchev–Trinajstić information content (AvgIpc) is 3.33. The third kappa shape index (κ3) is 7.04. The van der Waals surface area contributed by atoms with Gasteiger partial charge in [-0.1, -0.05) is 48.5 Å². The zero-order valence-corrected chi connectivity index (χ0v) is 18.9. The smallest absolute Gasteiger partial charge is 0.227 e. The SMILES string of the molecule is CN(CCCc1cc(-c2ccccc2)n[nH]1)C(=O)CCC(=O)N(CCC#N)c1ccccc1. The summed E-state index contributed by atoms with van der Waals surface area (Å²) in [6, 6.07) is 23.3. The van der Waals surface area contributed by atoms with Crippen molar-refractivity contribution in [2.45, 2.75) is 32.1 Å². The van der Waals surface area contributed by atoms with Gasteiger partial charge in [-0.3, -0.25) is 14.7 Å². The molecule has 1 aromatic heterocycles. The summed E-state index contributed by atoms with van der Waals surface area (Å²) < 4.78 is 0. The Kier molecular flexibility index (Phi) is 8.78. The second-order valence-electron chi connectivity index (χ2n) is 7.85. The molecule has 7 heteroatoms. The average molecular weight is 444 g/mol. The monoisotopic (exact) mass is 443 g/mol. The van der Waals surface area contributed by atoms with E-state index in [0.29, 0.717) is 13.1 Å². The lowest BCUT2D eigenvalue weighted by molar-refractivity contribution is -0.132. The van der Waals surface area contributed by atoms with Crippen LogP contribution in [0.4, 0.5) is 5.69 Å². The first-order valence-corrected chi connectivity index (χ1v) is 11.1. The second kappa shape index (κ2) is 12.2. The molecule has 170 valence electrons. The Balaban J connectivity index is 1.44. The number of benzene rings is 2. The maximum absolute atomic E-state index is 12.7. The quantitative estimate of drug-likeness (QED) is 0.481. The molecular weight excluding hydrogens is 414 g/mol. The number of amides is 2. The predicted octanol–water partition coefficient (Wildman–Crippen LogP) is 4.19. The lowest BCUT2D eigenvalue weighted by Crippen LogP contribution is -2.34. The molecule has 0 spiro atoms. The summed E-state index contributed by atoms with van der Waals surface area (Å²) in [6.07, 6.45) is 2.09. The van der Waals surface area contributed by atoms with Crippen LogP contribution >= 0.6 is 0 Å². The van der Waals surface area contributed by atoms with Gasteiger partial charge in [0.2, 0.25) is 11.8 Å². The van der Waals surface area contributed by atoms with Crippen molar-refractivity contribution in [3.63, 3.8) is 0 Å². The summed E-state index contributed by atoms with van der Waals surface area (Å²) in [4.78, 5) is 28.5. The molecule has 3 aromatic rings. The molecule has 3 rings (SSSR count). The van der Waals surface area contributed by atoms with Crippen molar-refractivity contribution in [2.75, 3.05) is 25.0 Å². The fourth-order valence-electron chi connectivity index (χ4n) is 3.59. The van der Waals surface area contributed by atoms with Crippen LogP contribution in [-0.4, -0.2) is 47.0 Å².